The largest absolute Gasteiger partial charge is 0.296 e. The Morgan fingerprint density at radius 1 is 1.32 bits per heavy atom. The highest BCUT2D eigenvalue weighted by molar-refractivity contribution is 5.15. The molecule has 1 aromatic carbocycles. The molecule has 1 aliphatic heterocycles. The minimum atomic E-state index is 0.608. The quantitative estimate of drug-likeness (QED) is 0.688. The third kappa shape index (κ3) is 4.70. The topological polar surface area (TPSA) is 3.24 Å². The van der Waals surface area contributed by atoms with Gasteiger partial charge in [0, 0.05) is 12.6 Å². The van der Waals surface area contributed by atoms with E-state index in [0.29, 0.717) is 6.04 Å². The summed E-state index contributed by atoms with van der Waals surface area (Å²) < 4.78 is 0. The highest BCUT2D eigenvalue weighted by Crippen LogP contribution is 2.18. The van der Waals surface area contributed by atoms with Crippen LogP contribution in [0.15, 0.2) is 48.2 Å². The Morgan fingerprint density at radius 2 is 2.16 bits per heavy atom. The normalized spacial score (nSPS) is 19.1. The van der Waals surface area contributed by atoms with Crippen molar-refractivity contribution in [1.29, 1.82) is 0 Å². The molecule has 1 aromatic rings. The third-order valence-electron chi connectivity index (χ3n) is 3.78. The minimum absolute atomic E-state index is 0.608. The van der Waals surface area contributed by atoms with E-state index in [1.165, 1.54) is 37.9 Å². The van der Waals surface area contributed by atoms with Crippen LogP contribution in [0, 0.1) is 0 Å². The van der Waals surface area contributed by atoms with E-state index >= 15 is 0 Å². The molecule has 2 rings (SSSR count). The monoisotopic (exact) mass is 255 g/mol. The Balaban J connectivity index is 1.83. The van der Waals surface area contributed by atoms with Gasteiger partial charge in [-0.05, 0) is 49.9 Å². The zero-order valence-electron chi connectivity index (χ0n) is 12.0. The molecular formula is C18H25N. The van der Waals surface area contributed by atoms with Gasteiger partial charge in [0.15, 0.2) is 0 Å². The molecule has 1 nitrogen and oxygen atoms in total. The summed E-state index contributed by atoms with van der Waals surface area (Å²) >= 11 is 0. The third-order valence-corrected chi connectivity index (χ3v) is 3.78. The van der Waals surface area contributed by atoms with Gasteiger partial charge in [-0.15, -0.1) is 5.73 Å². The molecule has 0 aliphatic carbocycles. The van der Waals surface area contributed by atoms with Gasteiger partial charge in [-0.3, -0.25) is 4.90 Å². The number of nitrogens with zero attached hydrogens (tertiary/aromatic N) is 1. The van der Waals surface area contributed by atoms with Gasteiger partial charge in [-0.25, -0.2) is 0 Å². The van der Waals surface area contributed by atoms with Gasteiger partial charge < -0.3 is 0 Å². The van der Waals surface area contributed by atoms with E-state index in [0.717, 1.165) is 12.8 Å². The number of hydrogen-bond donors (Lipinski definition) is 0. The predicted molar refractivity (Wildman–Crippen MR) is 82.3 cm³/mol. The number of unbranched alkanes of at least 4 members (excludes halogenated alkanes) is 1. The molecule has 0 aromatic heterocycles. The molecule has 0 spiro atoms. The second-order valence-electron chi connectivity index (χ2n) is 5.31. The molecule has 0 bridgehead atoms. The van der Waals surface area contributed by atoms with Crippen molar-refractivity contribution in [2.75, 3.05) is 13.1 Å². The molecule has 1 heteroatoms. The maximum atomic E-state index is 3.36. The van der Waals surface area contributed by atoms with Crippen LogP contribution >= 0.6 is 0 Å². The van der Waals surface area contributed by atoms with E-state index in [2.05, 4.69) is 60.0 Å². The fraction of sp³-hybridized carbons (Fsp3) is 0.500. The van der Waals surface area contributed by atoms with E-state index in [1.807, 2.05) is 0 Å². The average molecular weight is 255 g/mol. The Hall–Kier alpha value is -1.30. The van der Waals surface area contributed by atoms with Crippen molar-refractivity contribution in [2.24, 2.45) is 0 Å². The van der Waals surface area contributed by atoms with Crippen LogP contribution in [-0.2, 0) is 6.42 Å². The Labute approximate surface area is 117 Å². The van der Waals surface area contributed by atoms with Gasteiger partial charge in [0.05, 0.1) is 0 Å². The molecule has 0 N–H and O–H groups in total. The highest BCUT2D eigenvalue weighted by atomic mass is 15.2. The van der Waals surface area contributed by atoms with Crippen molar-refractivity contribution in [3.05, 3.63) is 53.8 Å². The van der Waals surface area contributed by atoms with Crippen LogP contribution in [-0.4, -0.2) is 24.0 Å². The standard InChI is InChI=1S/C18H25N/c1-2-3-4-8-12-18-13-9-15-19(18)16-14-17-10-6-5-7-11-17/h4-7,10-12,18H,2-3,9,13-16H2,1H3. The second-order valence-corrected chi connectivity index (χ2v) is 5.31. The maximum Gasteiger partial charge on any atom is 0.0353 e. The van der Waals surface area contributed by atoms with E-state index in [4.69, 9.17) is 0 Å². The van der Waals surface area contributed by atoms with Crippen molar-refractivity contribution in [3.63, 3.8) is 0 Å². The molecule has 1 aliphatic rings. The molecule has 1 fully saturated rings. The zero-order chi connectivity index (χ0) is 13.3. The fourth-order valence-corrected chi connectivity index (χ4v) is 2.64. The molecule has 0 radical (unpaired) electrons. The SMILES string of the molecule is CCCC=C=CC1CCCN1CCc1ccccc1. The van der Waals surface area contributed by atoms with Gasteiger partial charge in [-0.2, -0.15) is 0 Å². The number of rotatable bonds is 6. The number of hydrogen-bond acceptors (Lipinski definition) is 1. The summed E-state index contributed by atoms with van der Waals surface area (Å²) in [6.45, 7) is 4.62. The molecule has 102 valence electrons. The van der Waals surface area contributed by atoms with Crippen LogP contribution in [0.3, 0.4) is 0 Å². The lowest BCUT2D eigenvalue weighted by Gasteiger charge is -2.21. The van der Waals surface area contributed by atoms with Crippen molar-refractivity contribution in [1.82, 2.24) is 4.90 Å². The summed E-state index contributed by atoms with van der Waals surface area (Å²) in [6, 6.07) is 11.4. The number of likely N-dealkylation sites (tertiary alicyclic amines) is 1. The summed E-state index contributed by atoms with van der Waals surface area (Å²) in [5.41, 5.74) is 4.81. The van der Waals surface area contributed by atoms with E-state index in [9.17, 15) is 0 Å². The molecule has 1 unspecified atom stereocenters. The van der Waals surface area contributed by atoms with Crippen LogP contribution in [0.4, 0.5) is 0 Å². The first-order chi connectivity index (χ1) is 9.40. The molecule has 0 amide bonds. The van der Waals surface area contributed by atoms with Crippen LogP contribution < -0.4 is 0 Å². The lowest BCUT2D eigenvalue weighted by molar-refractivity contribution is 0.294. The zero-order valence-corrected chi connectivity index (χ0v) is 12.0. The Kier molecular flexibility index (Phi) is 5.94. The Morgan fingerprint density at radius 3 is 2.95 bits per heavy atom. The average Bonchev–Trinajstić information content (AvgIpc) is 2.90. The van der Waals surface area contributed by atoms with E-state index in [-0.39, 0.29) is 0 Å². The van der Waals surface area contributed by atoms with Crippen LogP contribution in [0.2, 0.25) is 0 Å². The van der Waals surface area contributed by atoms with Crippen LogP contribution in [0.5, 0.6) is 0 Å². The summed E-state index contributed by atoms with van der Waals surface area (Å²) in [5, 5.41) is 0. The maximum absolute atomic E-state index is 3.36. The first kappa shape index (κ1) is 14.1. The minimum Gasteiger partial charge on any atom is -0.296 e. The lowest BCUT2D eigenvalue weighted by Crippen LogP contribution is -2.29. The van der Waals surface area contributed by atoms with Gasteiger partial charge in [0.2, 0.25) is 0 Å². The van der Waals surface area contributed by atoms with Gasteiger partial charge >= 0.3 is 0 Å². The van der Waals surface area contributed by atoms with Gasteiger partial charge in [0.25, 0.3) is 0 Å². The summed E-state index contributed by atoms with van der Waals surface area (Å²) in [7, 11) is 0. The molecule has 19 heavy (non-hydrogen) atoms. The first-order valence-corrected chi connectivity index (χ1v) is 7.59. The summed E-state index contributed by atoms with van der Waals surface area (Å²) in [5.74, 6) is 0. The smallest absolute Gasteiger partial charge is 0.0353 e. The summed E-state index contributed by atoms with van der Waals surface area (Å²) in [4.78, 5) is 2.60. The molecular weight excluding hydrogens is 230 g/mol. The van der Waals surface area contributed by atoms with Crippen LogP contribution in [0.25, 0.3) is 0 Å². The van der Waals surface area contributed by atoms with E-state index < -0.39 is 0 Å². The van der Waals surface area contributed by atoms with Gasteiger partial charge in [-0.1, -0.05) is 43.7 Å². The van der Waals surface area contributed by atoms with Crippen LogP contribution in [0.1, 0.15) is 38.2 Å². The lowest BCUT2D eigenvalue weighted by atomic mass is 10.1. The van der Waals surface area contributed by atoms with Gasteiger partial charge in [0.1, 0.15) is 0 Å². The highest BCUT2D eigenvalue weighted by Gasteiger charge is 2.21. The molecule has 1 atom stereocenters. The molecule has 1 saturated heterocycles. The van der Waals surface area contributed by atoms with Crippen molar-refractivity contribution >= 4 is 0 Å². The predicted octanol–water partition coefficient (Wildman–Crippen LogP) is 4.20. The second kappa shape index (κ2) is 7.99. The first-order valence-electron chi connectivity index (χ1n) is 7.59. The fourth-order valence-electron chi connectivity index (χ4n) is 2.64. The van der Waals surface area contributed by atoms with Crippen molar-refractivity contribution in [2.45, 2.75) is 45.1 Å². The van der Waals surface area contributed by atoms with E-state index in [1.54, 1.807) is 0 Å². The van der Waals surface area contributed by atoms with Crippen molar-refractivity contribution < 1.29 is 0 Å². The summed E-state index contributed by atoms with van der Waals surface area (Å²) in [6.07, 6.45) is 10.6. The van der Waals surface area contributed by atoms with Crippen molar-refractivity contribution in [3.8, 4) is 0 Å². The molecule has 1 heterocycles. The number of benzene rings is 1. The molecule has 0 saturated carbocycles. The Bertz CT molecular complexity index is 415.